The molecule has 6 nitrogen and oxygen atoms in total. The molecule has 6 heteroatoms. The minimum atomic E-state index is -1.20. The molecule has 0 heterocycles. The lowest BCUT2D eigenvalue weighted by Gasteiger charge is -2.20. The Morgan fingerprint density at radius 1 is 1.05 bits per heavy atom. The summed E-state index contributed by atoms with van der Waals surface area (Å²) in [7, 11) is 0. The second-order valence-electron chi connectivity index (χ2n) is 5.44. The van der Waals surface area contributed by atoms with Crippen LogP contribution in [0.15, 0.2) is 36.4 Å². The zero-order valence-electron chi connectivity index (χ0n) is 12.1. The van der Waals surface area contributed by atoms with Gasteiger partial charge in [-0.2, -0.15) is 0 Å². The Morgan fingerprint density at radius 2 is 1.62 bits per heavy atom. The Balaban J connectivity index is 2.68. The SMILES string of the molecule is CC(C)(C)NC(=O)c1ccc(NC(=O)C=CC(=O)O)cc1. The number of carbonyl (C=O) groups excluding carboxylic acids is 2. The molecule has 1 aromatic carbocycles. The third-order valence-electron chi connectivity index (χ3n) is 2.28. The number of carboxylic acid groups (broad SMARTS) is 1. The standard InChI is InChI=1S/C15H18N2O4/c1-15(2,3)17-14(21)10-4-6-11(7-5-10)16-12(18)8-9-13(19)20/h4-9H,1-3H3,(H,16,18)(H,17,21)(H,19,20). The van der Waals surface area contributed by atoms with Crippen LogP contribution in [0.1, 0.15) is 31.1 Å². The lowest BCUT2D eigenvalue weighted by Crippen LogP contribution is -2.40. The van der Waals surface area contributed by atoms with E-state index < -0.39 is 11.9 Å². The zero-order chi connectivity index (χ0) is 16.0. The highest BCUT2D eigenvalue weighted by atomic mass is 16.4. The van der Waals surface area contributed by atoms with Crippen LogP contribution in [-0.2, 0) is 9.59 Å². The van der Waals surface area contributed by atoms with Gasteiger partial charge in [0.05, 0.1) is 0 Å². The number of anilines is 1. The van der Waals surface area contributed by atoms with Crippen molar-refractivity contribution in [3.8, 4) is 0 Å². The second kappa shape index (κ2) is 6.69. The molecule has 0 aromatic heterocycles. The van der Waals surface area contributed by atoms with Gasteiger partial charge in [-0.15, -0.1) is 0 Å². The van der Waals surface area contributed by atoms with Gasteiger partial charge in [0.1, 0.15) is 0 Å². The molecule has 112 valence electrons. The van der Waals surface area contributed by atoms with E-state index in [1.165, 1.54) is 0 Å². The summed E-state index contributed by atoms with van der Waals surface area (Å²) in [5, 5.41) is 13.7. The Bertz CT molecular complexity index is 568. The van der Waals surface area contributed by atoms with E-state index in [2.05, 4.69) is 10.6 Å². The minimum Gasteiger partial charge on any atom is -0.478 e. The van der Waals surface area contributed by atoms with Crippen molar-refractivity contribution in [3.63, 3.8) is 0 Å². The monoisotopic (exact) mass is 290 g/mol. The fourth-order valence-corrected chi connectivity index (χ4v) is 1.45. The van der Waals surface area contributed by atoms with Gasteiger partial charge in [0.25, 0.3) is 5.91 Å². The van der Waals surface area contributed by atoms with Crippen molar-refractivity contribution in [3.05, 3.63) is 42.0 Å². The van der Waals surface area contributed by atoms with E-state index in [-0.39, 0.29) is 11.4 Å². The summed E-state index contributed by atoms with van der Waals surface area (Å²) in [4.78, 5) is 33.6. The topological polar surface area (TPSA) is 95.5 Å². The van der Waals surface area contributed by atoms with Crippen LogP contribution >= 0.6 is 0 Å². The summed E-state index contributed by atoms with van der Waals surface area (Å²) in [6.45, 7) is 5.65. The van der Waals surface area contributed by atoms with Gasteiger partial charge in [0.15, 0.2) is 0 Å². The fraction of sp³-hybridized carbons (Fsp3) is 0.267. The smallest absolute Gasteiger partial charge is 0.328 e. The molecular formula is C15H18N2O4. The van der Waals surface area contributed by atoms with Crippen molar-refractivity contribution in [2.24, 2.45) is 0 Å². The Morgan fingerprint density at radius 3 is 2.10 bits per heavy atom. The molecule has 0 fully saturated rings. The number of carbonyl (C=O) groups is 3. The summed E-state index contributed by atoms with van der Waals surface area (Å²) in [5.74, 6) is -1.95. The molecular weight excluding hydrogens is 272 g/mol. The van der Waals surface area contributed by atoms with E-state index in [1.807, 2.05) is 20.8 Å². The molecule has 1 rings (SSSR count). The summed E-state index contributed by atoms with van der Waals surface area (Å²) < 4.78 is 0. The number of amides is 2. The van der Waals surface area contributed by atoms with Crippen LogP contribution in [0, 0.1) is 0 Å². The van der Waals surface area contributed by atoms with Crippen LogP contribution in [0.3, 0.4) is 0 Å². The van der Waals surface area contributed by atoms with Crippen LogP contribution in [0.5, 0.6) is 0 Å². The zero-order valence-corrected chi connectivity index (χ0v) is 12.1. The quantitative estimate of drug-likeness (QED) is 0.737. The van der Waals surface area contributed by atoms with Gasteiger partial charge in [-0.3, -0.25) is 9.59 Å². The van der Waals surface area contributed by atoms with Gasteiger partial charge in [-0.1, -0.05) is 0 Å². The van der Waals surface area contributed by atoms with Gasteiger partial charge < -0.3 is 15.7 Å². The first-order chi connectivity index (χ1) is 9.67. The molecule has 0 saturated carbocycles. The van der Waals surface area contributed by atoms with E-state index in [4.69, 9.17) is 5.11 Å². The van der Waals surface area contributed by atoms with Gasteiger partial charge in [-0.05, 0) is 45.0 Å². The lowest BCUT2D eigenvalue weighted by molar-refractivity contribution is -0.131. The predicted molar refractivity (Wildman–Crippen MR) is 79.1 cm³/mol. The highest BCUT2D eigenvalue weighted by Crippen LogP contribution is 2.11. The van der Waals surface area contributed by atoms with Gasteiger partial charge >= 0.3 is 5.97 Å². The predicted octanol–water partition coefficient (Wildman–Crippen LogP) is 1.79. The molecule has 1 aromatic rings. The van der Waals surface area contributed by atoms with Crippen LogP contribution in [0.4, 0.5) is 5.69 Å². The fourth-order valence-electron chi connectivity index (χ4n) is 1.45. The molecule has 0 saturated heterocycles. The first-order valence-electron chi connectivity index (χ1n) is 6.32. The first-order valence-corrected chi connectivity index (χ1v) is 6.32. The van der Waals surface area contributed by atoms with Crippen molar-refractivity contribution >= 4 is 23.5 Å². The Hall–Kier alpha value is -2.63. The molecule has 2 amide bonds. The lowest BCUT2D eigenvalue weighted by atomic mass is 10.1. The number of hydrogen-bond acceptors (Lipinski definition) is 3. The highest BCUT2D eigenvalue weighted by molar-refractivity contribution is 6.02. The maximum Gasteiger partial charge on any atom is 0.328 e. The molecule has 0 atom stereocenters. The number of rotatable bonds is 4. The van der Waals surface area contributed by atoms with Crippen molar-refractivity contribution in [1.29, 1.82) is 0 Å². The molecule has 0 radical (unpaired) electrons. The number of aliphatic carboxylic acids is 1. The van der Waals surface area contributed by atoms with Crippen molar-refractivity contribution in [1.82, 2.24) is 5.32 Å². The number of hydrogen-bond donors (Lipinski definition) is 3. The highest BCUT2D eigenvalue weighted by Gasteiger charge is 2.15. The Labute approximate surface area is 122 Å². The maximum atomic E-state index is 11.9. The molecule has 0 aliphatic heterocycles. The van der Waals surface area contributed by atoms with E-state index in [0.717, 1.165) is 12.2 Å². The van der Waals surface area contributed by atoms with Crippen LogP contribution in [-0.4, -0.2) is 28.4 Å². The van der Waals surface area contributed by atoms with Gasteiger partial charge in [0, 0.05) is 28.9 Å². The summed E-state index contributed by atoms with van der Waals surface area (Å²) in [6, 6.07) is 6.31. The molecule has 0 aliphatic carbocycles. The second-order valence-corrected chi connectivity index (χ2v) is 5.44. The van der Waals surface area contributed by atoms with E-state index in [0.29, 0.717) is 11.3 Å². The third-order valence-corrected chi connectivity index (χ3v) is 2.28. The third kappa shape index (κ3) is 6.38. The normalized spacial score (nSPS) is 11.2. The largest absolute Gasteiger partial charge is 0.478 e. The number of nitrogens with one attached hydrogen (secondary N) is 2. The Kier molecular flexibility index (Phi) is 5.24. The summed E-state index contributed by atoms with van der Waals surface area (Å²) in [5.41, 5.74) is 0.623. The number of benzene rings is 1. The van der Waals surface area contributed by atoms with E-state index in [9.17, 15) is 14.4 Å². The average Bonchev–Trinajstić information content (AvgIpc) is 2.35. The van der Waals surface area contributed by atoms with Crippen molar-refractivity contribution in [2.45, 2.75) is 26.3 Å². The van der Waals surface area contributed by atoms with Gasteiger partial charge in [-0.25, -0.2) is 4.79 Å². The summed E-state index contributed by atoms with van der Waals surface area (Å²) >= 11 is 0. The van der Waals surface area contributed by atoms with Crippen LogP contribution < -0.4 is 10.6 Å². The molecule has 21 heavy (non-hydrogen) atoms. The average molecular weight is 290 g/mol. The molecule has 0 unspecified atom stereocenters. The van der Waals surface area contributed by atoms with Crippen molar-refractivity contribution in [2.75, 3.05) is 5.32 Å². The summed E-state index contributed by atoms with van der Waals surface area (Å²) in [6.07, 6.45) is 1.67. The molecule has 0 spiro atoms. The first kappa shape index (κ1) is 16.4. The maximum absolute atomic E-state index is 11.9. The van der Waals surface area contributed by atoms with E-state index >= 15 is 0 Å². The minimum absolute atomic E-state index is 0.203. The molecule has 3 N–H and O–H groups in total. The molecule has 0 aliphatic rings. The van der Waals surface area contributed by atoms with Crippen LogP contribution in [0.25, 0.3) is 0 Å². The van der Waals surface area contributed by atoms with Crippen molar-refractivity contribution < 1.29 is 19.5 Å². The number of carboxylic acids is 1. The van der Waals surface area contributed by atoms with E-state index in [1.54, 1.807) is 24.3 Å². The van der Waals surface area contributed by atoms with Crippen LogP contribution in [0.2, 0.25) is 0 Å². The molecule has 0 bridgehead atoms. The van der Waals surface area contributed by atoms with Gasteiger partial charge in [0.2, 0.25) is 5.91 Å².